The van der Waals surface area contributed by atoms with Crippen LogP contribution in [0.25, 0.3) is 0 Å². The van der Waals surface area contributed by atoms with Crippen molar-refractivity contribution in [3.8, 4) is 0 Å². The van der Waals surface area contributed by atoms with Crippen molar-refractivity contribution in [1.29, 1.82) is 0 Å². The molecule has 2 nitrogen and oxygen atoms in total. The van der Waals surface area contributed by atoms with Gasteiger partial charge in [0, 0.05) is 5.69 Å². The Labute approximate surface area is 104 Å². The summed E-state index contributed by atoms with van der Waals surface area (Å²) in [5, 5.41) is 0. The van der Waals surface area contributed by atoms with Crippen LogP contribution >= 0.6 is 0 Å². The molecule has 0 atom stereocenters. The van der Waals surface area contributed by atoms with Crippen molar-refractivity contribution in [2.75, 3.05) is 12.3 Å². The van der Waals surface area contributed by atoms with Gasteiger partial charge in [-0.25, -0.2) is 0 Å². The lowest BCUT2D eigenvalue weighted by atomic mass is 9.89. The van der Waals surface area contributed by atoms with Crippen molar-refractivity contribution < 1.29 is 4.74 Å². The highest BCUT2D eigenvalue weighted by atomic mass is 16.5. The molecule has 2 rings (SSSR count). The maximum absolute atomic E-state index is 5.93. The van der Waals surface area contributed by atoms with Crippen LogP contribution in [0.3, 0.4) is 0 Å². The first-order chi connectivity index (χ1) is 8.24. The maximum atomic E-state index is 5.93. The van der Waals surface area contributed by atoms with E-state index in [0.717, 1.165) is 24.6 Å². The number of ether oxygens (including phenoxy) is 1. The molecule has 0 saturated heterocycles. The third kappa shape index (κ3) is 4.04. The zero-order valence-corrected chi connectivity index (χ0v) is 10.7. The van der Waals surface area contributed by atoms with Gasteiger partial charge in [-0.1, -0.05) is 19.1 Å². The molecule has 0 aliphatic heterocycles. The van der Waals surface area contributed by atoms with Crippen molar-refractivity contribution in [2.24, 2.45) is 5.92 Å². The first-order valence-electron chi connectivity index (χ1n) is 6.70. The van der Waals surface area contributed by atoms with Crippen LogP contribution in [0.4, 0.5) is 5.69 Å². The molecule has 0 spiro atoms. The van der Waals surface area contributed by atoms with E-state index in [-0.39, 0.29) is 0 Å². The highest BCUT2D eigenvalue weighted by Gasteiger charge is 2.18. The van der Waals surface area contributed by atoms with Gasteiger partial charge in [0.2, 0.25) is 0 Å². The van der Waals surface area contributed by atoms with E-state index < -0.39 is 0 Å². The summed E-state index contributed by atoms with van der Waals surface area (Å²) in [6.07, 6.45) is 6.62. The van der Waals surface area contributed by atoms with Crippen molar-refractivity contribution >= 4 is 5.69 Å². The Hall–Kier alpha value is -1.02. The van der Waals surface area contributed by atoms with Crippen molar-refractivity contribution in [3.63, 3.8) is 0 Å². The molecule has 1 aliphatic rings. The van der Waals surface area contributed by atoms with Gasteiger partial charge in [0.25, 0.3) is 0 Å². The lowest BCUT2D eigenvalue weighted by molar-refractivity contribution is 0.0216. The summed E-state index contributed by atoms with van der Waals surface area (Å²) < 4.78 is 5.93. The van der Waals surface area contributed by atoms with Gasteiger partial charge < -0.3 is 10.5 Å². The Morgan fingerprint density at radius 2 is 1.76 bits per heavy atom. The smallest absolute Gasteiger partial charge is 0.0575 e. The maximum Gasteiger partial charge on any atom is 0.0575 e. The minimum Gasteiger partial charge on any atom is -0.399 e. The second-order valence-electron chi connectivity index (χ2n) is 5.24. The van der Waals surface area contributed by atoms with Crippen LogP contribution in [0.5, 0.6) is 0 Å². The Bertz CT molecular complexity index is 325. The molecule has 2 N–H and O–H groups in total. The third-order valence-electron chi connectivity index (χ3n) is 3.69. The SMILES string of the molecule is CC1CCC(OCCc2ccc(N)cc2)CC1. The number of rotatable bonds is 4. The summed E-state index contributed by atoms with van der Waals surface area (Å²) in [5.41, 5.74) is 7.79. The van der Waals surface area contributed by atoms with Crippen LogP contribution in [0.2, 0.25) is 0 Å². The van der Waals surface area contributed by atoms with E-state index in [9.17, 15) is 0 Å². The third-order valence-corrected chi connectivity index (χ3v) is 3.69. The number of nitrogen functional groups attached to an aromatic ring is 1. The van der Waals surface area contributed by atoms with Crippen LogP contribution in [-0.4, -0.2) is 12.7 Å². The van der Waals surface area contributed by atoms with Crippen LogP contribution in [0.15, 0.2) is 24.3 Å². The summed E-state index contributed by atoms with van der Waals surface area (Å²) >= 11 is 0. The molecule has 1 aliphatic carbocycles. The summed E-state index contributed by atoms with van der Waals surface area (Å²) in [4.78, 5) is 0. The van der Waals surface area contributed by atoms with Crippen LogP contribution in [0, 0.1) is 5.92 Å². The predicted molar refractivity (Wildman–Crippen MR) is 71.9 cm³/mol. The van der Waals surface area contributed by atoms with Gasteiger partial charge in [0.1, 0.15) is 0 Å². The Morgan fingerprint density at radius 3 is 2.41 bits per heavy atom. The average molecular weight is 233 g/mol. The molecule has 0 heterocycles. The fraction of sp³-hybridized carbons (Fsp3) is 0.600. The summed E-state index contributed by atoms with van der Waals surface area (Å²) in [7, 11) is 0. The van der Waals surface area contributed by atoms with Crippen molar-refractivity contribution in [1.82, 2.24) is 0 Å². The summed E-state index contributed by atoms with van der Waals surface area (Å²) in [6, 6.07) is 8.08. The Balaban J connectivity index is 1.67. The standard InChI is InChI=1S/C15H23NO/c1-12-2-8-15(9-3-12)17-11-10-13-4-6-14(16)7-5-13/h4-7,12,15H,2-3,8-11,16H2,1H3. The van der Waals surface area contributed by atoms with Crippen LogP contribution < -0.4 is 5.73 Å². The first kappa shape index (κ1) is 12.4. The van der Waals surface area contributed by atoms with E-state index in [2.05, 4.69) is 19.1 Å². The minimum atomic E-state index is 0.500. The molecule has 1 aromatic carbocycles. The van der Waals surface area contributed by atoms with Gasteiger partial charge in [0.05, 0.1) is 12.7 Å². The van der Waals surface area contributed by atoms with E-state index in [0.29, 0.717) is 6.10 Å². The summed E-state index contributed by atoms with van der Waals surface area (Å²) in [6.45, 7) is 3.17. The molecule has 2 heteroatoms. The number of hydrogen-bond donors (Lipinski definition) is 1. The van der Waals surface area contributed by atoms with Gasteiger partial charge in [-0.15, -0.1) is 0 Å². The molecule has 1 aromatic rings. The predicted octanol–water partition coefficient (Wildman–Crippen LogP) is 3.41. The monoisotopic (exact) mass is 233 g/mol. The molecule has 0 amide bonds. The van der Waals surface area contributed by atoms with Crippen molar-refractivity contribution in [3.05, 3.63) is 29.8 Å². The molecular weight excluding hydrogens is 210 g/mol. The quantitative estimate of drug-likeness (QED) is 0.809. The van der Waals surface area contributed by atoms with Crippen molar-refractivity contribution in [2.45, 2.75) is 45.1 Å². The molecule has 0 radical (unpaired) electrons. The van der Waals surface area contributed by atoms with Gasteiger partial charge in [-0.05, 0) is 55.7 Å². The van der Waals surface area contributed by atoms with Gasteiger partial charge in [0.15, 0.2) is 0 Å². The average Bonchev–Trinajstić information content (AvgIpc) is 2.34. The van der Waals surface area contributed by atoms with E-state index in [1.165, 1.54) is 31.2 Å². The fourth-order valence-corrected chi connectivity index (χ4v) is 2.42. The van der Waals surface area contributed by atoms with E-state index >= 15 is 0 Å². The molecule has 1 saturated carbocycles. The number of anilines is 1. The van der Waals surface area contributed by atoms with Gasteiger partial charge in [-0.3, -0.25) is 0 Å². The van der Waals surface area contributed by atoms with Crippen LogP contribution in [0.1, 0.15) is 38.2 Å². The molecule has 1 fully saturated rings. The fourth-order valence-electron chi connectivity index (χ4n) is 2.42. The molecule has 94 valence electrons. The van der Waals surface area contributed by atoms with E-state index in [1.807, 2.05) is 12.1 Å². The first-order valence-corrected chi connectivity index (χ1v) is 6.70. The number of benzene rings is 1. The highest BCUT2D eigenvalue weighted by molar-refractivity contribution is 5.39. The topological polar surface area (TPSA) is 35.2 Å². The minimum absolute atomic E-state index is 0.500. The highest BCUT2D eigenvalue weighted by Crippen LogP contribution is 2.25. The van der Waals surface area contributed by atoms with Gasteiger partial charge in [-0.2, -0.15) is 0 Å². The largest absolute Gasteiger partial charge is 0.399 e. The normalized spacial score (nSPS) is 24.8. The van der Waals surface area contributed by atoms with Crippen LogP contribution in [-0.2, 0) is 11.2 Å². The second-order valence-corrected chi connectivity index (χ2v) is 5.24. The van der Waals surface area contributed by atoms with E-state index in [1.54, 1.807) is 0 Å². The Morgan fingerprint density at radius 1 is 1.12 bits per heavy atom. The number of nitrogens with two attached hydrogens (primary N) is 1. The lowest BCUT2D eigenvalue weighted by Crippen LogP contribution is -2.21. The van der Waals surface area contributed by atoms with Gasteiger partial charge >= 0.3 is 0 Å². The molecule has 0 aromatic heterocycles. The molecular formula is C15H23NO. The summed E-state index contributed by atoms with van der Waals surface area (Å²) in [5.74, 6) is 0.895. The molecule has 17 heavy (non-hydrogen) atoms. The lowest BCUT2D eigenvalue weighted by Gasteiger charge is -2.26. The zero-order valence-electron chi connectivity index (χ0n) is 10.7. The zero-order chi connectivity index (χ0) is 12.1. The second kappa shape index (κ2) is 6.06. The Kier molecular flexibility index (Phi) is 4.43. The molecule has 0 unspecified atom stereocenters. The van der Waals surface area contributed by atoms with E-state index in [4.69, 9.17) is 10.5 Å². The number of hydrogen-bond acceptors (Lipinski definition) is 2. The molecule has 0 bridgehead atoms.